The maximum Gasteiger partial charge on any atom is 0.273 e. The van der Waals surface area contributed by atoms with Crippen molar-refractivity contribution in [3.05, 3.63) is 52.0 Å². The molecule has 0 radical (unpaired) electrons. The second-order valence-electron chi connectivity index (χ2n) is 5.37. The fourth-order valence-electron chi connectivity index (χ4n) is 2.34. The van der Waals surface area contributed by atoms with Crippen molar-refractivity contribution < 1.29 is 13.6 Å². The molecule has 0 aliphatic heterocycles. The molecule has 0 bridgehead atoms. The number of alkyl halides is 2. The number of nitrogens with zero attached hydrogens (tertiary/aromatic N) is 2. The third-order valence-corrected chi connectivity index (χ3v) is 4.40. The van der Waals surface area contributed by atoms with Gasteiger partial charge in [0.25, 0.3) is 12.3 Å². The lowest BCUT2D eigenvalue weighted by Crippen LogP contribution is -2.37. The summed E-state index contributed by atoms with van der Waals surface area (Å²) >= 11 is 1.40. The molecule has 1 aliphatic rings. The molecular weight excluding hydrogens is 306 g/mol. The Labute approximate surface area is 131 Å². The summed E-state index contributed by atoms with van der Waals surface area (Å²) in [7, 11) is 0. The van der Waals surface area contributed by atoms with E-state index >= 15 is 0 Å². The molecular formula is C16H16F2N2OS. The van der Waals surface area contributed by atoms with E-state index in [2.05, 4.69) is 4.98 Å². The fraction of sp³-hybridized carbons (Fsp3) is 0.375. The first-order valence-corrected chi connectivity index (χ1v) is 8.09. The zero-order chi connectivity index (χ0) is 15.5. The number of amides is 1. The van der Waals surface area contributed by atoms with E-state index < -0.39 is 13.0 Å². The van der Waals surface area contributed by atoms with Crippen LogP contribution in [0.4, 0.5) is 8.78 Å². The number of benzene rings is 1. The van der Waals surface area contributed by atoms with Gasteiger partial charge in [-0.05, 0) is 18.4 Å². The topological polar surface area (TPSA) is 33.2 Å². The zero-order valence-corrected chi connectivity index (χ0v) is 12.7. The van der Waals surface area contributed by atoms with Gasteiger partial charge in [0.1, 0.15) is 5.69 Å². The lowest BCUT2D eigenvalue weighted by atomic mass is 10.2. The molecule has 1 fully saturated rings. The standard InChI is InChI=1S/C16H16F2N2OS/c17-14(18)9-20(12-6-7-12)16(21)13-10-22-15(19-13)8-11-4-2-1-3-5-11/h1-5,10,12,14H,6-9H2. The van der Waals surface area contributed by atoms with Crippen LogP contribution in [0.1, 0.15) is 33.9 Å². The quantitative estimate of drug-likeness (QED) is 0.814. The summed E-state index contributed by atoms with van der Waals surface area (Å²) in [5, 5.41) is 2.49. The highest BCUT2D eigenvalue weighted by Gasteiger charge is 2.35. The Morgan fingerprint density at radius 3 is 2.68 bits per heavy atom. The average molecular weight is 322 g/mol. The molecule has 1 heterocycles. The molecule has 2 aromatic rings. The van der Waals surface area contributed by atoms with Crippen molar-refractivity contribution in [2.24, 2.45) is 0 Å². The predicted octanol–water partition coefficient (Wildman–Crippen LogP) is 3.60. The molecule has 0 spiro atoms. The van der Waals surface area contributed by atoms with Gasteiger partial charge in [-0.3, -0.25) is 4.79 Å². The number of aromatic nitrogens is 1. The first-order chi connectivity index (χ1) is 10.6. The molecule has 0 saturated heterocycles. The number of carbonyl (C=O) groups excluding carboxylic acids is 1. The van der Waals surface area contributed by atoms with Crippen LogP contribution in [0.5, 0.6) is 0 Å². The summed E-state index contributed by atoms with van der Waals surface area (Å²) in [5.41, 5.74) is 1.39. The zero-order valence-electron chi connectivity index (χ0n) is 11.9. The van der Waals surface area contributed by atoms with E-state index in [0.29, 0.717) is 6.42 Å². The lowest BCUT2D eigenvalue weighted by molar-refractivity contribution is 0.0530. The van der Waals surface area contributed by atoms with Crippen LogP contribution in [-0.2, 0) is 6.42 Å². The van der Waals surface area contributed by atoms with Crippen molar-refractivity contribution in [3.63, 3.8) is 0 Å². The Morgan fingerprint density at radius 2 is 2.05 bits per heavy atom. The summed E-state index contributed by atoms with van der Waals surface area (Å²) in [6.45, 7) is -0.505. The number of thiazole rings is 1. The second-order valence-corrected chi connectivity index (χ2v) is 6.31. The molecule has 22 heavy (non-hydrogen) atoms. The Bertz CT molecular complexity index is 641. The van der Waals surface area contributed by atoms with Crippen molar-refractivity contribution in [1.82, 2.24) is 9.88 Å². The Balaban J connectivity index is 1.70. The minimum absolute atomic E-state index is 0.0410. The number of hydrogen-bond acceptors (Lipinski definition) is 3. The van der Waals surface area contributed by atoms with Crippen LogP contribution in [0.25, 0.3) is 0 Å². The molecule has 3 rings (SSSR count). The molecule has 6 heteroatoms. The minimum Gasteiger partial charge on any atom is -0.329 e. The van der Waals surface area contributed by atoms with Crippen LogP contribution in [0.2, 0.25) is 0 Å². The molecule has 1 aromatic carbocycles. The number of rotatable bonds is 6. The van der Waals surface area contributed by atoms with Gasteiger partial charge in [-0.1, -0.05) is 30.3 Å². The Kier molecular flexibility index (Phi) is 4.47. The minimum atomic E-state index is -2.51. The van der Waals surface area contributed by atoms with Crippen molar-refractivity contribution >= 4 is 17.2 Å². The smallest absolute Gasteiger partial charge is 0.273 e. The van der Waals surface area contributed by atoms with Crippen LogP contribution in [-0.4, -0.2) is 34.8 Å². The molecule has 3 nitrogen and oxygen atoms in total. The summed E-state index contributed by atoms with van der Waals surface area (Å²) in [6.07, 6.45) is -0.248. The molecule has 1 saturated carbocycles. The molecule has 116 valence electrons. The first-order valence-electron chi connectivity index (χ1n) is 7.21. The van der Waals surface area contributed by atoms with Gasteiger partial charge in [-0.25, -0.2) is 13.8 Å². The molecule has 1 amide bonds. The van der Waals surface area contributed by atoms with Crippen LogP contribution < -0.4 is 0 Å². The van der Waals surface area contributed by atoms with Gasteiger partial charge in [-0.15, -0.1) is 11.3 Å². The fourth-order valence-corrected chi connectivity index (χ4v) is 3.14. The highest BCUT2D eigenvalue weighted by atomic mass is 32.1. The van der Waals surface area contributed by atoms with Crippen molar-refractivity contribution in [1.29, 1.82) is 0 Å². The van der Waals surface area contributed by atoms with Gasteiger partial charge in [-0.2, -0.15) is 0 Å². The largest absolute Gasteiger partial charge is 0.329 e. The normalized spacial score (nSPS) is 14.3. The molecule has 0 atom stereocenters. The van der Waals surface area contributed by atoms with Crippen molar-refractivity contribution in [3.8, 4) is 0 Å². The maximum atomic E-state index is 12.6. The highest BCUT2D eigenvalue weighted by molar-refractivity contribution is 7.09. The lowest BCUT2D eigenvalue weighted by Gasteiger charge is -2.20. The Hall–Kier alpha value is -1.82. The van der Waals surface area contributed by atoms with Gasteiger partial charge in [0.2, 0.25) is 0 Å². The Morgan fingerprint density at radius 1 is 1.32 bits per heavy atom. The SMILES string of the molecule is O=C(c1csc(Cc2ccccc2)n1)N(CC(F)F)C1CC1. The molecule has 0 N–H and O–H groups in total. The molecule has 1 aliphatic carbocycles. The average Bonchev–Trinajstić information content (AvgIpc) is 3.24. The van der Waals surface area contributed by atoms with E-state index in [-0.39, 0.29) is 17.6 Å². The first kappa shape index (κ1) is 15.1. The monoisotopic (exact) mass is 322 g/mol. The van der Waals surface area contributed by atoms with Gasteiger partial charge in [0.05, 0.1) is 11.6 Å². The van der Waals surface area contributed by atoms with Gasteiger partial charge in [0, 0.05) is 17.8 Å². The third kappa shape index (κ3) is 3.68. The van der Waals surface area contributed by atoms with E-state index in [0.717, 1.165) is 23.4 Å². The maximum absolute atomic E-state index is 12.6. The van der Waals surface area contributed by atoms with E-state index in [4.69, 9.17) is 0 Å². The van der Waals surface area contributed by atoms with Crippen LogP contribution in [0.3, 0.4) is 0 Å². The summed E-state index contributed by atoms with van der Waals surface area (Å²) in [5.74, 6) is -0.377. The van der Waals surface area contributed by atoms with Gasteiger partial charge >= 0.3 is 0 Å². The number of hydrogen-bond donors (Lipinski definition) is 0. The third-order valence-electron chi connectivity index (χ3n) is 3.55. The molecule has 1 aromatic heterocycles. The number of carbonyl (C=O) groups is 1. The van der Waals surface area contributed by atoms with E-state index in [1.807, 2.05) is 30.3 Å². The van der Waals surface area contributed by atoms with E-state index in [9.17, 15) is 13.6 Å². The highest BCUT2D eigenvalue weighted by Crippen LogP contribution is 2.29. The van der Waals surface area contributed by atoms with Crippen LogP contribution in [0.15, 0.2) is 35.7 Å². The van der Waals surface area contributed by atoms with Crippen LogP contribution >= 0.6 is 11.3 Å². The summed E-state index contributed by atoms with van der Waals surface area (Å²) in [6, 6.07) is 9.80. The number of halogens is 2. The van der Waals surface area contributed by atoms with Crippen LogP contribution in [0, 0.1) is 0 Å². The summed E-state index contributed by atoms with van der Waals surface area (Å²) < 4.78 is 25.3. The van der Waals surface area contributed by atoms with Crippen molar-refractivity contribution in [2.45, 2.75) is 31.7 Å². The predicted molar refractivity (Wildman–Crippen MR) is 81.4 cm³/mol. The van der Waals surface area contributed by atoms with Gasteiger partial charge in [0.15, 0.2) is 0 Å². The molecule has 0 unspecified atom stereocenters. The van der Waals surface area contributed by atoms with Crippen molar-refractivity contribution in [2.75, 3.05) is 6.54 Å². The summed E-state index contributed by atoms with van der Waals surface area (Å²) in [4.78, 5) is 18.0. The van der Waals surface area contributed by atoms with Gasteiger partial charge < -0.3 is 4.90 Å². The van der Waals surface area contributed by atoms with E-state index in [1.165, 1.54) is 16.2 Å². The van der Waals surface area contributed by atoms with E-state index in [1.54, 1.807) is 5.38 Å². The second kappa shape index (κ2) is 6.52.